The van der Waals surface area contributed by atoms with Crippen LogP contribution in [0.15, 0.2) is 70.2 Å². The Morgan fingerprint density at radius 3 is 2.50 bits per heavy atom. The number of nitriles is 1. The second kappa shape index (κ2) is 9.17. The highest BCUT2D eigenvalue weighted by Crippen LogP contribution is 2.26. The standard InChI is InChI=1S/C23H20ClN3O4S/c24-22-12-21(10-7-18(22)13-25)32(29,30)27(15-20-2-1-11-31-20)14-16-3-5-17(6-4-16)23(28)26-19-8-9-19/h1-7,10-12,19H,8-9,14-15H2,(H,26,28). The van der Waals surface area contributed by atoms with E-state index < -0.39 is 10.0 Å². The van der Waals surface area contributed by atoms with Crippen LogP contribution in [-0.2, 0) is 23.1 Å². The molecule has 4 rings (SSSR count). The van der Waals surface area contributed by atoms with E-state index in [1.54, 1.807) is 36.4 Å². The Labute approximate surface area is 191 Å². The molecule has 1 aliphatic carbocycles. The van der Waals surface area contributed by atoms with Crippen LogP contribution in [0.2, 0.25) is 5.02 Å². The Morgan fingerprint density at radius 2 is 1.91 bits per heavy atom. The zero-order valence-corrected chi connectivity index (χ0v) is 18.6. The maximum atomic E-state index is 13.4. The van der Waals surface area contributed by atoms with Gasteiger partial charge in [-0.1, -0.05) is 23.7 Å². The van der Waals surface area contributed by atoms with E-state index in [1.165, 1.54) is 28.8 Å². The van der Waals surface area contributed by atoms with Gasteiger partial charge in [-0.2, -0.15) is 9.57 Å². The molecule has 32 heavy (non-hydrogen) atoms. The van der Waals surface area contributed by atoms with Crippen molar-refractivity contribution in [1.82, 2.24) is 9.62 Å². The lowest BCUT2D eigenvalue weighted by Crippen LogP contribution is -2.30. The zero-order chi connectivity index (χ0) is 22.7. The van der Waals surface area contributed by atoms with Crippen molar-refractivity contribution in [1.29, 1.82) is 5.26 Å². The van der Waals surface area contributed by atoms with Gasteiger partial charge in [0, 0.05) is 18.2 Å². The molecule has 0 aliphatic heterocycles. The third-order valence-corrected chi connectivity index (χ3v) is 7.20. The molecule has 1 fully saturated rings. The number of carbonyl (C=O) groups excluding carboxylic acids is 1. The second-order valence-electron chi connectivity index (χ2n) is 7.55. The van der Waals surface area contributed by atoms with E-state index >= 15 is 0 Å². The van der Waals surface area contributed by atoms with E-state index in [4.69, 9.17) is 21.3 Å². The van der Waals surface area contributed by atoms with Crippen molar-refractivity contribution in [2.45, 2.75) is 36.9 Å². The number of halogens is 1. The predicted octanol–water partition coefficient (Wildman–Crippen LogP) is 4.09. The number of rotatable bonds is 8. The van der Waals surface area contributed by atoms with Crippen molar-refractivity contribution in [3.8, 4) is 6.07 Å². The molecule has 0 atom stereocenters. The Kier molecular flexibility index (Phi) is 6.33. The van der Waals surface area contributed by atoms with Crippen LogP contribution in [0.1, 0.15) is 40.1 Å². The van der Waals surface area contributed by atoms with Gasteiger partial charge in [0.25, 0.3) is 5.91 Å². The molecular formula is C23H20ClN3O4S. The van der Waals surface area contributed by atoms with E-state index in [1.807, 2.05) is 6.07 Å². The normalized spacial score (nSPS) is 13.7. The molecular weight excluding hydrogens is 450 g/mol. The van der Waals surface area contributed by atoms with Crippen LogP contribution in [-0.4, -0.2) is 24.7 Å². The molecule has 0 bridgehead atoms. The summed E-state index contributed by atoms with van der Waals surface area (Å²) in [5.41, 5.74) is 1.44. The number of hydrogen-bond donors (Lipinski definition) is 1. The molecule has 9 heteroatoms. The SMILES string of the molecule is N#Cc1ccc(S(=O)(=O)N(Cc2ccc(C(=O)NC3CC3)cc2)Cc2ccco2)cc1Cl. The Balaban J connectivity index is 1.59. The minimum absolute atomic E-state index is 0.0108. The number of hydrogen-bond acceptors (Lipinski definition) is 5. The fourth-order valence-corrected chi connectivity index (χ4v) is 4.87. The van der Waals surface area contributed by atoms with Crippen molar-refractivity contribution in [3.05, 3.63) is 88.3 Å². The summed E-state index contributed by atoms with van der Waals surface area (Å²) in [4.78, 5) is 12.2. The first kappa shape index (κ1) is 22.1. The highest BCUT2D eigenvalue weighted by molar-refractivity contribution is 7.89. The molecule has 1 saturated carbocycles. The monoisotopic (exact) mass is 469 g/mol. The summed E-state index contributed by atoms with van der Waals surface area (Å²) in [6, 6.07) is 16.4. The number of sulfonamides is 1. The van der Waals surface area contributed by atoms with Crippen LogP contribution < -0.4 is 5.32 Å². The van der Waals surface area contributed by atoms with Crippen LogP contribution in [0.4, 0.5) is 0 Å². The molecule has 2 aromatic carbocycles. The molecule has 0 unspecified atom stereocenters. The summed E-state index contributed by atoms with van der Waals surface area (Å²) in [7, 11) is -3.96. The van der Waals surface area contributed by atoms with Crippen molar-refractivity contribution in [3.63, 3.8) is 0 Å². The molecule has 1 N–H and O–H groups in total. The molecule has 1 aromatic heterocycles. The molecule has 0 saturated heterocycles. The van der Waals surface area contributed by atoms with Crippen molar-refractivity contribution in [2.75, 3.05) is 0 Å². The van der Waals surface area contributed by atoms with Gasteiger partial charge < -0.3 is 9.73 Å². The molecule has 0 spiro atoms. The van der Waals surface area contributed by atoms with Gasteiger partial charge in [-0.25, -0.2) is 8.42 Å². The van der Waals surface area contributed by atoms with E-state index in [2.05, 4.69) is 5.32 Å². The first-order chi connectivity index (χ1) is 15.4. The summed E-state index contributed by atoms with van der Waals surface area (Å²) >= 11 is 6.07. The molecule has 3 aromatic rings. The summed E-state index contributed by atoms with van der Waals surface area (Å²) in [5.74, 6) is 0.347. The first-order valence-electron chi connectivity index (χ1n) is 9.99. The number of carbonyl (C=O) groups is 1. The van der Waals surface area contributed by atoms with Gasteiger partial charge in [-0.05, 0) is 60.9 Å². The average molecular weight is 470 g/mol. The van der Waals surface area contributed by atoms with Gasteiger partial charge in [0.15, 0.2) is 0 Å². The van der Waals surface area contributed by atoms with Crippen LogP contribution in [0.3, 0.4) is 0 Å². The largest absolute Gasteiger partial charge is 0.468 e. The van der Waals surface area contributed by atoms with E-state index in [0.29, 0.717) is 16.9 Å². The second-order valence-corrected chi connectivity index (χ2v) is 9.90. The van der Waals surface area contributed by atoms with Crippen LogP contribution in [0.5, 0.6) is 0 Å². The van der Waals surface area contributed by atoms with Crippen molar-refractivity contribution in [2.24, 2.45) is 0 Å². The van der Waals surface area contributed by atoms with Crippen molar-refractivity contribution >= 4 is 27.5 Å². The molecule has 0 radical (unpaired) electrons. The average Bonchev–Trinajstić information content (AvgIpc) is 3.44. The molecule has 7 nitrogen and oxygen atoms in total. The Bertz CT molecular complexity index is 1260. The topological polar surface area (TPSA) is 103 Å². The first-order valence-corrected chi connectivity index (χ1v) is 11.8. The smallest absolute Gasteiger partial charge is 0.251 e. The Hall–Kier alpha value is -3.12. The molecule has 1 aliphatic rings. The third kappa shape index (κ3) is 5.02. The van der Waals surface area contributed by atoms with E-state index in [-0.39, 0.29) is 40.5 Å². The lowest BCUT2D eigenvalue weighted by Gasteiger charge is -2.22. The highest BCUT2D eigenvalue weighted by atomic mass is 35.5. The Morgan fingerprint density at radius 1 is 1.16 bits per heavy atom. The maximum Gasteiger partial charge on any atom is 0.251 e. The predicted molar refractivity (Wildman–Crippen MR) is 118 cm³/mol. The molecule has 164 valence electrons. The van der Waals surface area contributed by atoms with Crippen LogP contribution >= 0.6 is 11.6 Å². The molecule has 1 amide bonds. The summed E-state index contributed by atoms with van der Waals surface area (Å²) in [6.07, 6.45) is 3.48. The maximum absolute atomic E-state index is 13.4. The number of benzene rings is 2. The number of furan rings is 1. The fraction of sp³-hybridized carbons (Fsp3) is 0.217. The van der Waals surface area contributed by atoms with Crippen LogP contribution in [0, 0.1) is 11.3 Å². The lowest BCUT2D eigenvalue weighted by atomic mass is 10.1. The fourth-order valence-electron chi connectivity index (χ4n) is 3.16. The van der Waals surface area contributed by atoms with Gasteiger partial charge in [0.05, 0.1) is 28.3 Å². The van der Waals surface area contributed by atoms with Gasteiger partial charge in [-0.3, -0.25) is 4.79 Å². The quantitative estimate of drug-likeness (QED) is 0.535. The third-order valence-electron chi connectivity index (χ3n) is 5.10. The number of amides is 1. The van der Waals surface area contributed by atoms with Crippen LogP contribution in [0.25, 0.3) is 0 Å². The summed E-state index contributed by atoms with van der Waals surface area (Å²) in [6.45, 7) is 0.0715. The summed E-state index contributed by atoms with van der Waals surface area (Å²) < 4.78 is 33.4. The minimum Gasteiger partial charge on any atom is -0.468 e. The summed E-state index contributed by atoms with van der Waals surface area (Å²) in [5, 5.41) is 12.1. The van der Waals surface area contributed by atoms with Crippen molar-refractivity contribution < 1.29 is 17.6 Å². The minimum atomic E-state index is -3.96. The van der Waals surface area contributed by atoms with E-state index in [9.17, 15) is 13.2 Å². The zero-order valence-electron chi connectivity index (χ0n) is 17.0. The van der Waals surface area contributed by atoms with Gasteiger partial charge in [0.2, 0.25) is 10.0 Å². The van der Waals surface area contributed by atoms with Gasteiger partial charge >= 0.3 is 0 Å². The van der Waals surface area contributed by atoms with Gasteiger partial charge in [0.1, 0.15) is 11.8 Å². The highest BCUT2D eigenvalue weighted by Gasteiger charge is 2.27. The number of nitrogens with zero attached hydrogens (tertiary/aromatic N) is 2. The number of nitrogens with one attached hydrogen (secondary N) is 1. The van der Waals surface area contributed by atoms with E-state index in [0.717, 1.165) is 12.8 Å². The van der Waals surface area contributed by atoms with Gasteiger partial charge in [-0.15, -0.1) is 0 Å². The lowest BCUT2D eigenvalue weighted by molar-refractivity contribution is 0.0951. The molecule has 1 heterocycles.